The Morgan fingerprint density at radius 2 is 1.79 bits per heavy atom. The zero-order chi connectivity index (χ0) is 23.9. The number of anilines is 1. The lowest BCUT2D eigenvalue weighted by atomic mass is 10.1. The summed E-state index contributed by atoms with van der Waals surface area (Å²) in [6, 6.07) is 20.8. The number of amides is 1. The fourth-order valence-electron chi connectivity index (χ4n) is 3.28. The van der Waals surface area contributed by atoms with Gasteiger partial charge in [-0.25, -0.2) is 9.07 Å². The van der Waals surface area contributed by atoms with Gasteiger partial charge in [0.1, 0.15) is 12.4 Å². The Kier molecular flexibility index (Phi) is 7.29. The number of carbonyl (C=O) groups is 1. The molecule has 4 rings (SSSR count). The van der Waals surface area contributed by atoms with Crippen molar-refractivity contribution in [2.24, 2.45) is 0 Å². The van der Waals surface area contributed by atoms with Crippen molar-refractivity contribution in [2.45, 2.75) is 13.8 Å². The number of halogens is 1. The predicted octanol–water partition coefficient (Wildman–Crippen LogP) is 5.05. The second-order valence-corrected chi connectivity index (χ2v) is 7.55. The van der Waals surface area contributed by atoms with E-state index < -0.39 is 0 Å². The van der Waals surface area contributed by atoms with Crippen LogP contribution in [0.4, 0.5) is 10.1 Å². The normalized spacial score (nSPS) is 10.8. The predicted molar refractivity (Wildman–Crippen MR) is 128 cm³/mol. The van der Waals surface area contributed by atoms with E-state index in [1.54, 1.807) is 53.2 Å². The van der Waals surface area contributed by atoms with Crippen LogP contribution in [0.5, 0.6) is 6.01 Å². The van der Waals surface area contributed by atoms with E-state index in [9.17, 15) is 9.18 Å². The molecule has 3 aromatic carbocycles. The van der Waals surface area contributed by atoms with Crippen molar-refractivity contribution >= 4 is 11.6 Å². The van der Waals surface area contributed by atoms with Crippen molar-refractivity contribution in [1.29, 1.82) is 0 Å². The molecule has 1 heterocycles. The van der Waals surface area contributed by atoms with Gasteiger partial charge in [0.2, 0.25) is 0 Å². The minimum absolute atomic E-state index is 0.163. The van der Waals surface area contributed by atoms with Gasteiger partial charge in [-0.2, -0.15) is 4.98 Å². The SMILES string of the molecule is CCOCCOc1nc(-c2cccc(F)c2)n(-c2ccc(NC(=O)c3ccc(C)cc3)cc2)n1. The second-order valence-electron chi connectivity index (χ2n) is 7.55. The molecule has 0 spiro atoms. The Balaban J connectivity index is 1.57. The summed E-state index contributed by atoms with van der Waals surface area (Å²) in [5, 5.41) is 7.33. The first-order valence-electron chi connectivity index (χ1n) is 11.0. The van der Waals surface area contributed by atoms with Crippen LogP contribution in [0.15, 0.2) is 72.8 Å². The molecule has 0 aliphatic heterocycles. The van der Waals surface area contributed by atoms with Crippen molar-refractivity contribution < 1.29 is 18.7 Å². The fourth-order valence-corrected chi connectivity index (χ4v) is 3.28. The number of ether oxygens (including phenoxy) is 2. The Hall–Kier alpha value is -4.04. The number of aromatic nitrogens is 3. The van der Waals surface area contributed by atoms with Gasteiger partial charge in [0, 0.05) is 23.4 Å². The molecule has 8 heteroatoms. The highest BCUT2D eigenvalue weighted by Gasteiger charge is 2.16. The van der Waals surface area contributed by atoms with E-state index in [4.69, 9.17) is 9.47 Å². The van der Waals surface area contributed by atoms with E-state index in [0.717, 1.165) is 5.56 Å². The van der Waals surface area contributed by atoms with Crippen LogP contribution in [-0.2, 0) is 4.74 Å². The van der Waals surface area contributed by atoms with E-state index >= 15 is 0 Å². The average molecular weight is 461 g/mol. The van der Waals surface area contributed by atoms with E-state index in [1.807, 2.05) is 26.0 Å². The van der Waals surface area contributed by atoms with Gasteiger partial charge >= 0.3 is 6.01 Å². The Morgan fingerprint density at radius 1 is 1.03 bits per heavy atom. The van der Waals surface area contributed by atoms with Gasteiger partial charge in [-0.05, 0) is 62.4 Å². The first-order chi connectivity index (χ1) is 16.5. The lowest BCUT2D eigenvalue weighted by molar-refractivity contribution is 0.102. The maximum absolute atomic E-state index is 13.9. The summed E-state index contributed by atoms with van der Waals surface area (Å²) in [6.07, 6.45) is 0. The average Bonchev–Trinajstić information content (AvgIpc) is 3.27. The smallest absolute Gasteiger partial charge is 0.336 e. The van der Waals surface area contributed by atoms with Gasteiger partial charge in [0.25, 0.3) is 5.91 Å². The van der Waals surface area contributed by atoms with Gasteiger partial charge in [0.15, 0.2) is 5.82 Å². The molecule has 0 radical (unpaired) electrons. The molecule has 0 bridgehead atoms. The van der Waals surface area contributed by atoms with Crippen LogP contribution >= 0.6 is 0 Å². The van der Waals surface area contributed by atoms with Crippen LogP contribution in [0.2, 0.25) is 0 Å². The second kappa shape index (κ2) is 10.7. The highest BCUT2D eigenvalue weighted by Crippen LogP contribution is 2.25. The monoisotopic (exact) mass is 460 g/mol. The first kappa shape index (κ1) is 23.1. The molecule has 0 saturated heterocycles. The highest BCUT2D eigenvalue weighted by atomic mass is 19.1. The summed E-state index contributed by atoms with van der Waals surface area (Å²) in [5.74, 6) is -0.138. The minimum Gasteiger partial charge on any atom is -0.460 e. The molecular weight excluding hydrogens is 435 g/mol. The summed E-state index contributed by atoms with van der Waals surface area (Å²) >= 11 is 0. The van der Waals surface area contributed by atoms with Crippen molar-refractivity contribution in [2.75, 3.05) is 25.1 Å². The Morgan fingerprint density at radius 3 is 2.50 bits per heavy atom. The molecular formula is C26H25FN4O3. The van der Waals surface area contributed by atoms with Gasteiger partial charge in [-0.3, -0.25) is 4.79 Å². The van der Waals surface area contributed by atoms with E-state index in [0.29, 0.717) is 48.1 Å². The van der Waals surface area contributed by atoms with Crippen LogP contribution in [-0.4, -0.2) is 40.5 Å². The van der Waals surface area contributed by atoms with Gasteiger partial charge < -0.3 is 14.8 Å². The topological polar surface area (TPSA) is 78.3 Å². The zero-order valence-corrected chi connectivity index (χ0v) is 19.0. The molecule has 1 N–H and O–H groups in total. The van der Waals surface area contributed by atoms with Crippen molar-refractivity contribution in [1.82, 2.24) is 14.8 Å². The van der Waals surface area contributed by atoms with Crippen LogP contribution in [0, 0.1) is 12.7 Å². The van der Waals surface area contributed by atoms with E-state index in [1.165, 1.54) is 12.1 Å². The summed E-state index contributed by atoms with van der Waals surface area (Å²) in [4.78, 5) is 17.0. The van der Waals surface area contributed by atoms with E-state index in [2.05, 4.69) is 15.4 Å². The maximum atomic E-state index is 13.9. The fraction of sp³-hybridized carbons (Fsp3) is 0.192. The highest BCUT2D eigenvalue weighted by molar-refractivity contribution is 6.04. The summed E-state index contributed by atoms with van der Waals surface area (Å²) in [6.45, 7) is 5.17. The molecule has 0 atom stereocenters. The number of rotatable bonds is 9. The molecule has 174 valence electrons. The standard InChI is InChI=1S/C26H25FN4O3/c1-3-33-15-16-34-26-29-24(20-5-4-6-21(27)17-20)31(30-26)23-13-11-22(12-14-23)28-25(32)19-9-7-18(2)8-10-19/h4-14,17H,3,15-16H2,1-2H3,(H,28,32). The third-order valence-electron chi connectivity index (χ3n) is 5.02. The van der Waals surface area contributed by atoms with E-state index in [-0.39, 0.29) is 17.7 Å². The Bertz CT molecular complexity index is 1250. The first-order valence-corrected chi connectivity index (χ1v) is 11.0. The summed E-state index contributed by atoms with van der Waals surface area (Å²) < 4.78 is 26.4. The number of nitrogens with zero attached hydrogens (tertiary/aromatic N) is 3. The van der Waals surface area contributed by atoms with Gasteiger partial charge in [-0.1, -0.05) is 29.8 Å². The van der Waals surface area contributed by atoms with Gasteiger partial charge in [0.05, 0.1) is 12.3 Å². The third kappa shape index (κ3) is 5.65. The Labute approximate surface area is 197 Å². The lowest BCUT2D eigenvalue weighted by Crippen LogP contribution is -2.11. The molecule has 34 heavy (non-hydrogen) atoms. The number of nitrogens with one attached hydrogen (secondary N) is 1. The number of hydrogen-bond donors (Lipinski definition) is 1. The summed E-state index contributed by atoms with van der Waals surface area (Å²) in [5.41, 5.74) is 3.54. The molecule has 0 fully saturated rings. The van der Waals surface area contributed by atoms with Crippen molar-refractivity contribution in [3.63, 3.8) is 0 Å². The van der Waals surface area contributed by atoms with Crippen LogP contribution in [0.1, 0.15) is 22.8 Å². The number of carbonyl (C=O) groups excluding carboxylic acids is 1. The molecule has 4 aromatic rings. The zero-order valence-electron chi connectivity index (χ0n) is 19.0. The number of aryl methyl sites for hydroxylation is 1. The summed E-state index contributed by atoms with van der Waals surface area (Å²) in [7, 11) is 0. The number of benzene rings is 3. The molecule has 7 nitrogen and oxygen atoms in total. The molecule has 0 aliphatic rings. The molecule has 1 aromatic heterocycles. The lowest BCUT2D eigenvalue weighted by Gasteiger charge is -2.09. The molecule has 0 unspecified atom stereocenters. The third-order valence-corrected chi connectivity index (χ3v) is 5.02. The maximum Gasteiger partial charge on any atom is 0.336 e. The quantitative estimate of drug-likeness (QED) is 0.354. The number of hydrogen-bond acceptors (Lipinski definition) is 5. The van der Waals surface area contributed by atoms with Crippen LogP contribution in [0.3, 0.4) is 0 Å². The molecule has 1 amide bonds. The molecule has 0 aliphatic carbocycles. The van der Waals surface area contributed by atoms with Crippen molar-refractivity contribution in [3.05, 3.63) is 89.7 Å². The van der Waals surface area contributed by atoms with Crippen LogP contribution < -0.4 is 10.1 Å². The van der Waals surface area contributed by atoms with Gasteiger partial charge in [-0.15, -0.1) is 5.10 Å². The van der Waals surface area contributed by atoms with Crippen LogP contribution in [0.25, 0.3) is 17.1 Å². The largest absolute Gasteiger partial charge is 0.460 e. The van der Waals surface area contributed by atoms with Crippen molar-refractivity contribution in [3.8, 4) is 23.1 Å². The minimum atomic E-state index is -0.375. The molecule has 0 saturated carbocycles.